The normalized spacial score (nSPS) is 10.8. The predicted molar refractivity (Wildman–Crippen MR) is 112 cm³/mol. The fourth-order valence-electron chi connectivity index (χ4n) is 2.84. The zero-order chi connectivity index (χ0) is 19.3. The van der Waals surface area contributed by atoms with E-state index < -0.39 is 0 Å². The van der Waals surface area contributed by atoms with Crippen LogP contribution >= 0.6 is 11.3 Å². The molecule has 0 saturated carbocycles. The quantitative estimate of drug-likeness (QED) is 0.516. The Bertz CT molecular complexity index is 1100. The molecule has 0 bridgehead atoms. The number of fused-ring (bicyclic) bond motifs is 1. The summed E-state index contributed by atoms with van der Waals surface area (Å²) >= 11 is 1.49. The summed E-state index contributed by atoms with van der Waals surface area (Å²) < 4.78 is 5.75. The van der Waals surface area contributed by atoms with E-state index in [0.29, 0.717) is 12.3 Å². The van der Waals surface area contributed by atoms with Gasteiger partial charge < -0.3 is 10.1 Å². The lowest BCUT2D eigenvalue weighted by atomic mass is 10.2. The van der Waals surface area contributed by atoms with E-state index in [-0.39, 0.29) is 12.3 Å². The molecule has 5 nitrogen and oxygen atoms in total. The molecule has 4 rings (SSSR count). The van der Waals surface area contributed by atoms with E-state index in [1.807, 2.05) is 66.9 Å². The third-order valence-electron chi connectivity index (χ3n) is 4.23. The molecule has 1 N–H and O–H groups in total. The number of nitrogens with zero attached hydrogens (tertiary/aromatic N) is 2. The second-order valence-electron chi connectivity index (χ2n) is 6.44. The molecule has 6 heteroatoms. The van der Waals surface area contributed by atoms with E-state index in [1.54, 1.807) is 6.20 Å². The molecule has 0 saturated heterocycles. The number of carbonyl (C=O) groups excluding carboxylic acids is 1. The van der Waals surface area contributed by atoms with Gasteiger partial charge in [-0.05, 0) is 31.2 Å². The number of anilines is 1. The van der Waals surface area contributed by atoms with E-state index >= 15 is 0 Å². The summed E-state index contributed by atoms with van der Waals surface area (Å²) in [5.74, 6) is 0.693. The molecule has 0 unspecified atom stereocenters. The molecule has 0 radical (unpaired) electrons. The minimum Gasteiger partial charge on any atom is -0.486 e. The van der Waals surface area contributed by atoms with Crippen LogP contribution in [-0.4, -0.2) is 15.9 Å². The van der Waals surface area contributed by atoms with Crippen LogP contribution in [0.2, 0.25) is 0 Å². The number of aryl methyl sites for hydroxylation is 1. The fourth-order valence-corrected chi connectivity index (χ4v) is 3.54. The Balaban J connectivity index is 1.36. The van der Waals surface area contributed by atoms with Gasteiger partial charge in [-0.15, -0.1) is 11.3 Å². The highest BCUT2D eigenvalue weighted by Crippen LogP contribution is 2.21. The molecule has 4 aromatic rings. The molecule has 140 valence electrons. The van der Waals surface area contributed by atoms with Crippen molar-refractivity contribution in [3.05, 3.63) is 82.4 Å². The largest absolute Gasteiger partial charge is 0.486 e. The first kappa shape index (κ1) is 18.1. The van der Waals surface area contributed by atoms with Gasteiger partial charge in [0.15, 0.2) is 0 Å². The number of benzene rings is 2. The summed E-state index contributed by atoms with van der Waals surface area (Å²) in [4.78, 5) is 21.3. The van der Waals surface area contributed by atoms with Gasteiger partial charge in [-0.25, -0.2) is 4.98 Å². The molecule has 2 aromatic heterocycles. The highest BCUT2D eigenvalue weighted by molar-refractivity contribution is 7.09. The predicted octanol–water partition coefficient (Wildman–Crippen LogP) is 4.76. The van der Waals surface area contributed by atoms with Gasteiger partial charge in [-0.1, -0.05) is 35.9 Å². The van der Waals surface area contributed by atoms with Gasteiger partial charge in [-0.2, -0.15) is 0 Å². The van der Waals surface area contributed by atoms with Crippen LogP contribution in [0.1, 0.15) is 16.3 Å². The first-order valence-corrected chi connectivity index (χ1v) is 9.82. The number of thiazole rings is 1. The minimum absolute atomic E-state index is 0.116. The van der Waals surface area contributed by atoms with Crippen molar-refractivity contribution in [2.75, 3.05) is 5.32 Å². The van der Waals surface area contributed by atoms with Gasteiger partial charge >= 0.3 is 0 Å². The second kappa shape index (κ2) is 8.19. The molecular formula is C22H19N3O2S. The van der Waals surface area contributed by atoms with Crippen molar-refractivity contribution in [1.29, 1.82) is 0 Å². The van der Waals surface area contributed by atoms with Gasteiger partial charge in [0, 0.05) is 17.0 Å². The van der Waals surface area contributed by atoms with E-state index in [0.717, 1.165) is 27.4 Å². The Morgan fingerprint density at radius 3 is 2.79 bits per heavy atom. The molecule has 0 aliphatic heterocycles. The lowest BCUT2D eigenvalue weighted by molar-refractivity contribution is -0.115. The van der Waals surface area contributed by atoms with Crippen LogP contribution in [0.4, 0.5) is 5.69 Å². The lowest BCUT2D eigenvalue weighted by Gasteiger charge is -2.07. The average Bonchev–Trinajstić information content (AvgIpc) is 3.15. The maximum Gasteiger partial charge on any atom is 0.230 e. The van der Waals surface area contributed by atoms with Crippen molar-refractivity contribution in [3.8, 4) is 5.75 Å². The summed E-state index contributed by atoms with van der Waals surface area (Å²) in [6.07, 6.45) is 1.93. The number of para-hydroxylation sites is 1. The minimum atomic E-state index is -0.116. The number of aromatic nitrogens is 2. The summed E-state index contributed by atoms with van der Waals surface area (Å²) in [7, 11) is 0. The van der Waals surface area contributed by atoms with Gasteiger partial charge in [0.2, 0.25) is 5.91 Å². The first-order chi connectivity index (χ1) is 13.7. The van der Waals surface area contributed by atoms with Crippen molar-refractivity contribution in [2.24, 2.45) is 0 Å². The number of ether oxygens (including phenoxy) is 1. The van der Waals surface area contributed by atoms with E-state index in [1.165, 1.54) is 16.9 Å². The number of carbonyl (C=O) groups is 1. The number of nitrogens with one attached hydrogen (secondary N) is 1. The topological polar surface area (TPSA) is 64.1 Å². The summed E-state index contributed by atoms with van der Waals surface area (Å²) in [6, 6.07) is 17.5. The molecule has 0 atom stereocenters. The molecule has 0 aliphatic carbocycles. The monoisotopic (exact) mass is 389 g/mol. The second-order valence-corrected chi connectivity index (χ2v) is 7.38. The van der Waals surface area contributed by atoms with Crippen molar-refractivity contribution in [3.63, 3.8) is 0 Å². The molecule has 1 amide bonds. The van der Waals surface area contributed by atoms with E-state index in [2.05, 4.69) is 15.3 Å². The van der Waals surface area contributed by atoms with Crippen LogP contribution in [-0.2, 0) is 17.8 Å². The third kappa shape index (κ3) is 4.35. The van der Waals surface area contributed by atoms with Crippen LogP contribution in [0, 0.1) is 6.92 Å². The maximum atomic E-state index is 12.4. The number of hydrogen-bond donors (Lipinski definition) is 1. The maximum absolute atomic E-state index is 12.4. The van der Waals surface area contributed by atoms with Crippen molar-refractivity contribution in [2.45, 2.75) is 20.0 Å². The van der Waals surface area contributed by atoms with E-state index in [4.69, 9.17) is 4.74 Å². The highest BCUT2D eigenvalue weighted by Gasteiger charge is 2.10. The van der Waals surface area contributed by atoms with Crippen LogP contribution < -0.4 is 10.1 Å². The highest BCUT2D eigenvalue weighted by atomic mass is 32.1. The average molecular weight is 389 g/mol. The smallest absolute Gasteiger partial charge is 0.230 e. The molecule has 2 aromatic carbocycles. The number of hydrogen-bond acceptors (Lipinski definition) is 5. The van der Waals surface area contributed by atoms with Crippen LogP contribution in [0.5, 0.6) is 5.75 Å². The Labute approximate surface area is 167 Å². The standard InChI is InChI=1S/C22H19N3O2S/c1-15-7-9-18(10-8-15)27-13-21-24-17(14-28-21)12-20(26)25-19-6-2-4-16-5-3-11-23-22(16)19/h2-11,14H,12-13H2,1H3,(H,25,26). The Morgan fingerprint density at radius 2 is 1.93 bits per heavy atom. The summed E-state index contributed by atoms with van der Waals surface area (Å²) in [5, 5.41) is 6.67. The van der Waals surface area contributed by atoms with Crippen molar-refractivity contribution in [1.82, 2.24) is 9.97 Å². The molecule has 0 spiro atoms. The zero-order valence-electron chi connectivity index (χ0n) is 15.4. The van der Waals surface area contributed by atoms with Crippen LogP contribution in [0.25, 0.3) is 10.9 Å². The Morgan fingerprint density at radius 1 is 1.11 bits per heavy atom. The van der Waals surface area contributed by atoms with Gasteiger partial charge in [-0.3, -0.25) is 9.78 Å². The summed E-state index contributed by atoms with van der Waals surface area (Å²) in [6.45, 7) is 2.43. The Hall–Kier alpha value is -3.25. The summed E-state index contributed by atoms with van der Waals surface area (Å²) in [5.41, 5.74) is 3.42. The Kier molecular flexibility index (Phi) is 5.30. The number of rotatable bonds is 6. The van der Waals surface area contributed by atoms with Crippen LogP contribution in [0.3, 0.4) is 0 Å². The number of pyridine rings is 1. The van der Waals surface area contributed by atoms with Crippen molar-refractivity contribution < 1.29 is 9.53 Å². The van der Waals surface area contributed by atoms with E-state index in [9.17, 15) is 4.79 Å². The zero-order valence-corrected chi connectivity index (χ0v) is 16.2. The number of amides is 1. The fraction of sp³-hybridized carbons (Fsp3) is 0.136. The van der Waals surface area contributed by atoms with Crippen molar-refractivity contribution >= 4 is 33.8 Å². The first-order valence-electron chi connectivity index (χ1n) is 8.94. The third-order valence-corrected chi connectivity index (χ3v) is 5.10. The molecule has 28 heavy (non-hydrogen) atoms. The molecule has 2 heterocycles. The van der Waals surface area contributed by atoms with Crippen LogP contribution in [0.15, 0.2) is 66.2 Å². The molecular weight excluding hydrogens is 370 g/mol. The van der Waals surface area contributed by atoms with Gasteiger partial charge in [0.05, 0.1) is 23.3 Å². The van der Waals surface area contributed by atoms with Gasteiger partial charge in [0.25, 0.3) is 0 Å². The lowest BCUT2D eigenvalue weighted by Crippen LogP contribution is -2.15. The molecule has 0 aliphatic rings. The molecule has 0 fully saturated rings. The van der Waals surface area contributed by atoms with Gasteiger partial charge in [0.1, 0.15) is 17.4 Å². The SMILES string of the molecule is Cc1ccc(OCc2nc(CC(=O)Nc3cccc4cccnc34)cs2)cc1.